The Balaban J connectivity index is 0.000000426. The third kappa shape index (κ3) is 10.8. The van der Waals surface area contributed by atoms with Crippen molar-refractivity contribution >= 4 is 17.8 Å². The molecule has 1 saturated carbocycles. The molecule has 2 N–H and O–H groups in total. The number of halogens is 6. The zero-order valence-electron chi connectivity index (χ0n) is 20.8. The van der Waals surface area contributed by atoms with E-state index in [4.69, 9.17) is 29.3 Å². The number of hydrogen-bond donors (Lipinski definition) is 2. The number of carbonyl (C=O) groups is 3. The molecule has 16 heteroatoms. The molecule has 0 radical (unpaired) electrons. The lowest BCUT2D eigenvalue weighted by molar-refractivity contribution is -0.193. The van der Waals surface area contributed by atoms with Crippen LogP contribution in [0.4, 0.5) is 26.3 Å². The van der Waals surface area contributed by atoms with Crippen molar-refractivity contribution in [3.05, 3.63) is 29.6 Å². The Labute approximate surface area is 214 Å². The van der Waals surface area contributed by atoms with Crippen LogP contribution in [0.5, 0.6) is 0 Å². The van der Waals surface area contributed by atoms with Crippen LogP contribution in [-0.4, -0.2) is 114 Å². The van der Waals surface area contributed by atoms with Gasteiger partial charge in [-0.05, 0) is 45.5 Å². The number of rotatable bonds is 5. The van der Waals surface area contributed by atoms with Gasteiger partial charge in [0, 0.05) is 25.5 Å². The molecule has 0 aromatic carbocycles. The summed E-state index contributed by atoms with van der Waals surface area (Å²) in [7, 11) is 4.07. The molecule has 1 aliphatic heterocycles. The van der Waals surface area contributed by atoms with Gasteiger partial charge in [-0.15, -0.1) is 0 Å². The number of amides is 1. The summed E-state index contributed by atoms with van der Waals surface area (Å²) < 4.78 is 75.5. The van der Waals surface area contributed by atoms with Crippen molar-refractivity contribution in [3.63, 3.8) is 0 Å². The Morgan fingerprint density at radius 2 is 1.63 bits per heavy atom. The van der Waals surface area contributed by atoms with Crippen LogP contribution < -0.4 is 0 Å². The van der Waals surface area contributed by atoms with E-state index >= 15 is 0 Å². The molecule has 38 heavy (non-hydrogen) atoms. The van der Waals surface area contributed by atoms with Crippen molar-refractivity contribution in [2.75, 3.05) is 40.4 Å². The largest absolute Gasteiger partial charge is 0.490 e. The lowest BCUT2D eigenvalue weighted by Gasteiger charge is -2.39. The molecule has 2 fully saturated rings. The van der Waals surface area contributed by atoms with Crippen molar-refractivity contribution in [3.8, 4) is 0 Å². The highest BCUT2D eigenvalue weighted by Crippen LogP contribution is 2.33. The maximum absolute atomic E-state index is 12.9. The van der Waals surface area contributed by atoms with Gasteiger partial charge in [0.05, 0.1) is 30.9 Å². The number of hydrogen-bond acceptors (Lipinski definition) is 7. The molecular formula is C22H29F6N3O7. The molecule has 3 rings (SSSR count). The van der Waals surface area contributed by atoms with Gasteiger partial charge in [-0.3, -0.25) is 9.78 Å². The van der Waals surface area contributed by atoms with E-state index in [0.29, 0.717) is 25.3 Å². The molecule has 0 unspecified atom stereocenters. The molecule has 1 aliphatic carbocycles. The quantitative estimate of drug-likeness (QED) is 0.521. The Bertz CT molecular complexity index is 919. The van der Waals surface area contributed by atoms with Crippen LogP contribution in [0.3, 0.4) is 0 Å². The zero-order chi connectivity index (χ0) is 29.3. The van der Waals surface area contributed by atoms with Gasteiger partial charge in [-0.1, -0.05) is 0 Å². The minimum atomic E-state index is -5.08. The normalized spacial score (nSPS) is 21.0. The van der Waals surface area contributed by atoms with E-state index < -0.39 is 24.3 Å². The van der Waals surface area contributed by atoms with Gasteiger partial charge in [0.2, 0.25) is 0 Å². The van der Waals surface area contributed by atoms with Gasteiger partial charge in [-0.2, -0.15) is 26.3 Å². The summed E-state index contributed by atoms with van der Waals surface area (Å²) in [6.07, 6.45) is -4.80. The predicted molar refractivity (Wildman–Crippen MR) is 118 cm³/mol. The summed E-state index contributed by atoms with van der Waals surface area (Å²) in [6, 6.07) is 2.01. The summed E-state index contributed by atoms with van der Waals surface area (Å²) in [6.45, 7) is 4.75. The molecule has 0 spiro atoms. The number of pyridine rings is 1. The Morgan fingerprint density at radius 3 is 2.11 bits per heavy atom. The third-order valence-electron chi connectivity index (χ3n) is 5.27. The fraction of sp³-hybridized carbons (Fsp3) is 0.636. The van der Waals surface area contributed by atoms with Crippen LogP contribution in [0, 0.1) is 6.92 Å². The van der Waals surface area contributed by atoms with Crippen LogP contribution in [0.1, 0.15) is 28.8 Å². The number of aliphatic carboxylic acids is 2. The maximum atomic E-state index is 12.9. The van der Waals surface area contributed by atoms with E-state index in [1.54, 1.807) is 12.4 Å². The van der Waals surface area contributed by atoms with E-state index in [0.717, 1.165) is 24.9 Å². The van der Waals surface area contributed by atoms with Crippen molar-refractivity contribution in [1.29, 1.82) is 0 Å². The standard InChI is InChI=1S/C18H27N3O3.2C2HF3O2/c1-13-10-14(12-19-11-13)18(22)21-7-9-24-17-15(21)4-5-16(17)23-8-6-20(2)3;2*3-2(4,5)1(6)7/h10-12,15-17H,4-9H2,1-3H3;2*(H,6,7)/t15-,16+,17+;;/m0../s1. The molecule has 3 atom stereocenters. The number of carboxylic acids is 2. The number of aromatic nitrogens is 1. The second kappa shape index (κ2) is 14.2. The highest BCUT2D eigenvalue weighted by molar-refractivity contribution is 5.94. The second-order valence-electron chi connectivity index (χ2n) is 8.55. The van der Waals surface area contributed by atoms with Crippen LogP contribution in [-0.2, 0) is 19.1 Å². The second-order valence-corrected chi connectivity index (χ2v) is 8.55. The fourth-order valence-electron chi connectivity index (χ4n) is 3.57. The van der Waals surface area contributed by atoms with Crippen LogP contribution >= 0.6 is 0 Å². The first-order valence-electron chi connectivity index (χ1n) is 11.2. The smallest absolute Gasteiger partial charge is 0.475 e. The van der Waals surface area contributed by atoms with E-state index in [1.165, 1.54) is 0 Å². The summed E-state index contributed by atoms with van der Waals surface area (Å²) in [5, 5.41) is 14.2. The highest BCUT2D eigenvalue weighted by Gasteiger charge is 2.45. The predicted octanol–water partition coefficient (Wildman–Crippen LogP) is 2.61. The number of morpholine rings is 1. The number of carbonyl (C=O) groups excluding carboxylic acids is 1. The van der Waals surface area contributed by atoms with Gasteiger partial charge in [0.1, 0.15) is 6.10 Å². The minimum Gasteiger partial charge on any atom is -0.475 e. The lowest BCUT2D eigenvalue weighted by atomic mass is 10.1. The average molecular weight is 561 g/mol. The summed E-state index contributed by atoms with van der Waals surface area (Å²) in [5.74, 6) is -5.46. The number of ether oxygens (including phenoxy) is 2. The number of aryl methyl sites for hydroxylation is 1. The molecule has 216 valence electrons. The van der Waals surface area contributed by atoms with E-state index in [-0.39, 0.29) is 24.2 Å². The number of carboxylic acid groups (broad SMARTS) is 2. The lowest BCUT2D eigenvalue weighted by Crippen LogP contribution is -2.54. The molecule has 2 heterocycles. The minimum absolute atomic E-state index is 0.0115. The molecule has 1 amide bonds. The topological polar surface area (TPSA) is 130 Å². The Morgan fingerprint density at radius 1 is 1.08 bits per heavy atom. The van der Waals surface area contributed by atoms with Crippen molar-refractivity contribution in [2.24, 2.45) is 0 Å². The molecule has 10 nitrogen and oxygen atoms in total. The van der Waals surface area contributed by atoms with Crippen LogP contribution in [0.25, 0.3) is 0 Å². The zero-order valence-corrected chi connectivity index (χ0v) is 20.8. The monoisotopic (exact) mass is 561 g/mol. The first-order chi connectivity index (χ1) is 17.4. The summed E-state index contributed by atoms with van der Waals surface area (Å²) in [5.41, 5.74) is 1.66. The number of likely N-dealkylation sites (N-methyl/N-ethyl adjacent to an activating group) is 1. The van der Waals surface area contributed by atoms with Gasteiger partial charge in [0.15, 0.2) is 0 Å². The van der Waals surface area contributed by atoms with E-state index in [2.05, 4.69) is 9.88 Å². The Kier molecular flexibility index (Phi) is 12.4. The fourth-order valence-corrected chi connectivity index (χ4v) is 3.57. The number of alkyl halides is 6. The van der Waals surface area contributed by atoms with Gasteiger partial charge >= 0.3 is 24.3 Å². The van der Waals surface area contributed by atoms with E-state index in [1.807, 2.05) is 32.0 Å². The van der Waals surface area contributed by atoms with E-state index in [9.17, 15) is 31.1 Å². The molecule has 1 aromatic heterocycles. The number of fused-ring (bicyclic) bond motifs is 1. The van der Waals surface area contributed by atoms with Crippen LogP contribution in [0.2, 0.25) is 0 Å². The highest BCUT2D eigenvalue weighted by atomic mass is 19.4. The first-order valence-corrected chi connectivity index (χ1v) is 11.2. The third-order valence-corrected chi connectivity index (χ3v) is 5.27. The van der Waals surface area contributed by atoms with Gasteiger partial charge in [0.25, 0.3) is 5.91 Å². The first kappa shape index (κ1) is 33.0. The molecule has 1 aromatic rings. The van der Waals surface area contributed by atoms with Crippen molar-refractivity contribution in [2.45, 2.75) is 50.4 Å². The molecular weight excluding hydrogens is 532 g/mol. The summed E-state index contributed by atoms with van der Waals surface area (Å²) in [4.78, 5) is 38.9. The Hall–Kier alpha value is -2.98. The SMILES string of the molecule is Cc1cncc(C(=O)N2CCO[C@H]3[C@H](OCCN(C)C)CC[C@@H]32)c1.O=C(O)C(F)(F)F.O=C(O)C(F)(F)F. The maximum Gasteiger partial charge on any atom is 0.490 e. The number of nitrogens with zero attached hydrogens (tertiary/aromatic N) is 3. The molecule has 1 saturated heterocycles. The van der Waals surface area contributed by atoms with Crippen molar-refractivity contribution < 1.29 is 60.4 Å². The summed E-state index contributed by atoms with van der Waals surface area (Å²) >= 11 is 0. The average Bonchev–Trinajstić information content (AvgIpc) is 3.21. The molecule has 0 bridgehead atoms. The van der Waals surface area contributed by atoms with Crippen molar-refractivity contribution in [1.82, 2.24) is 14.8 Å². The van der Waals surface area contributed by atoms with Gasteiger partial charge in [-0.25, -0.2) is 9.59 Å². The van der Waals surface area contributed by atoms with Gasteiger partial charge < -0.3 is 29.5 Å². The van der Waals surface area contributed by atoms with Crippen LogP contribution in [0.15, 0.2) is 18.5 Å². The molecule has 2 aliphatic rings.